The van der Waals surface area contributed by atoms with Crippen molar-refractivity contribution in [2.45, 2.75) is 18.6 Å². The molecule has 0 aliphatic rings. The lowest BCUT2D eigenvalue weighted by atomic mass is 9.93. The van der Waals surface area contributed by atoms with Crippen LogP contribution in [-0.2, 0) is 5.54 Å². The molecule has 0 saturated carbocycles. The van der Waals surface area contributed by atoms with E-state index in [1.807, 2.05) is 0 Å². The fourth-order valence-electron chi connectivity index (χ4n) is 1.47. The zero-order chi connectivity index (χ0) is 14.0. The summed E-state index contributed by atoms with van der Waals surface area (Å²) in [5.41, 5.74) is -0.827. The quantitative estimate of drug-likeness (QED) is 0.875. The number of hydrogen-bond acceptors (Lipinski definition) is 2. The Morgan fingerprint density at radius 1 is 1.39 bits per heavy atom. The van der Waals surface area contributed by atoms with Gasteiger partial charge in [-0.1, -0.05) is 33.6 Å². The van der Waals surface area contributed by atoms with Gasteiger partial charge < -0.3 is 5.11 Å². The fourth-order valence-corrected chi connectivity index (χ4v) is 2.35. The molecule has 1 rings (SSSR count). The van der Waals surface area contributed by atoms with Crippen molar-refractivity contribution >= 4 is 27.5 Å². The minimum Gasteiger partial charge on any atom is -0.394 e. The second-order valence-corrected chi connectivity index (χ2v) is 5.41. The van der Waals surface area contributed by atoms with E-state index in [-0.39, 0.29) is 5.02 Å². The predicted molar refractivity (Wildman–Crippen MR) is 67.6 cm³/mol. The van der Waals surface area contributed by atoms with Crippen LogP contribution in [0.15, 0.2) is 22.7 Å². The molecular formula is C11H12BrClF3NO. The number of rotatable bonds is 4. The second-order valence-electron chi connectivity index (χ2n) is 4.08. The number of benzene rings is 1. The summed E-state index contributed by atoms with van der Waals surface area (Å²) in [4.78, 5) is 0. The van der Waals surface area contributed by atoms with Gasteiger partial charge in [-0.15, -0.1) is 0 Å². The Labute approximate surface area is 116 Å². The Hall–Kier alpha value is -0.300. The number of hydrogen-bond donors (Lipinski definition) is 2. The molecule has 0 heterocycles. The predicted octanol–water partition coefficient (Wildman–Crippen LogP) is 3.46. The maximum atomic E-state index is 12.2. The van der Waals surface area contributed by atoms with E-state index in [9.17, 15) is 18.3 Å². The van der Waals surface area contributed by atoms with E-state index in [0.29, 0.717) is 10.0 Å². The lowest BCUT2D eigenvalue weighted by Crippen LogP contribution is -2.47. The van der Waals surface area contributed by atoms with Crippen molar-refractivity contribution < 1.29 is 18.3 Å². The average Bonchev–Trinajstić information content (AvgIpc) is 2.25. The highest BCUT2D eigenvalue weighted by atomic mass is 79.9. The van der Waals surface area contributed by atoms with E-state index >= 15 is 0 Å². The number of nitrogens with one attached hydrogen (secondary N) is 1. The number of aliphatic hydroxyl groups is 1. The summed E-state index contributed by atoms with van der Waals surface area (Å²) in [5.74, 6) is 0. The van der Waals surface area contributed by atoms with Crippen LogP contribution in [0.3, 0.4) is 0 Å². The van der Waals surface area contributed by atoms with Crippen LogP contribution in [0.4, 0.5) is 13.2 Å². The van der Waals surface area contributed by atoms with E-state index in [0.717, 1.165) is 0 Å². The van der Waals surface area contributed by atoms with Crippen LogP contribution in [0.2, 0.25) is 5.02 Å². The highest BCUT2D eigenvalue weighted by Gasteiger charge is 2.34. The molecule has 1 aromatic carbocycles. The molecule has 0 aliphatic carbocycles. The topological polar surface area (TPSA) is 32.3 Å². The largest absolute Gasteiger partial charge is 0.401 e. The van der Waals surface area contributed by atoms with Crippen LogP contribution in [-0.4, -0.2) is 24.4 Å². The van der Waals surface area contributed by atoms with Gasteiger partial charge in [0.1, 0.15) is 0 Å². The minimum atomic E-state index is -4.35. The van der Waals surface area contributed by atoms with Gasteiger partial charge >= 0.3 is 6.18 Å². The first-order valence-corrected chi connectivity index (χ1v) is 6.23. The van der Waals surface area contributed by atoms with Crippen molar-refractivity contribution in [2.75, 3.05) is 13.2 Å². The number of halogens is 5. The first kappa shape index (κ1) is 15.8. The van der Waals surface area contributed by atoms with Crippen LogP contribution in [0, 0.1) is 0 Å². The first-order valence-electron chi connectivity index (χ1n) is 5.06. The van der Waals surface area contributed by atoms with Gasteiger partial charge in [-0.3, -0.25) is 5.32 Å². The average molecular weight is 347 g/mol. The lowest BCUT2D eigenvalue weighted by molar-refractivity contribution is -0.129. The molecule has 0 bridgehead atoms. The second kappa shape index (κ2) is 5.77. The maximum absolute atomic E-state index is 12.2. The van der Waals surface area contributed by atoms with Crippen molar-refractivity contribution in [1.82, 2.24) is 5.32 Å². The maximum Gasteiger partial charge on any atom is 0.401 e. The van der Waals surface area contributed by atoms with Gasteiger partial charge in [-0.25, -0.2) is 0 Å². The van der Waals surface area contributed by atoms with Crippen LogP contribution in [0.25, 0.3) is 0 Å². The van der Waals surface area contributed by atoms with E-state index in [2.05, 4.69) is 21.2 Å². The van der Waals surface area contributed by atoms with E-state index < -0.39 is 24.9 Å². The zero-order valence-corrected chi connectivity index (χ0v) is 11.8. The normalized spacial score (nSPS) is 15.5. The van der Waals surface area contributed by atoms with Gasteiger partial charge in [-0.05, 0) is 24.6 Å². The summed E-state index contributed by atoms with van der Waals surface area (Å²) < 4.78 is 37.4. The lowest BCUT2D eigenvalue weighted by Gasteiger charge is -2.31. The summed E-state index contributed by atoms with van der Waals surface area (Å²) >= 11 is 9.19. The fraction of sp³-hybridized carbons (Fsp3) is 0.455. The third-order valence-electron chi connectivity index (χ3n) is 2.52. The molecule has 2 nitrogen and oxygen atoms in total. The van der Waals surface area contributed by atoms with Gasteiger partial charge in [0.2, 0.25) is 0 Å². The van der Waals surface area contributed by atoms with E-state index in [4.69, 9.17) is 11.6 Å². The first-order chi connectivity index (χ1) is 8.18. The summed E-state index contributed by atoms with van der Waals surface area (Å²) in [6, 6.07) is 4.80. The zero-order valence-electron chi connectivity index (χ0n) is 9.48. The third kappa shape index (κ3) is 4.12. The standard InChI is InChI=1S/C11H12BrClF3NO/c1-10(6-18,17-5-11(14,15)16)8-3-2-7(12)4-9(8)13/h2-4,17-18H,5-6H2,1H3. The molecular weight excluding hydrogens is 334 g/mol. The Balaban J connectivity index is 2.99. The van der Waals surface area contributed by atoms with E-state index in [1.165, 1.54) is 6.92 Å². The minimum absolute atomic E-state index is 0.288. The van der Waals surface area contributed by atoms with Crippen LogP contribution >= 0.6 is 27.5 Å². The molecule has 0 fully saturated rings. The van der Waals surface area contributed by atoms with Crippen molar-refractivity contribution in [3.63, 3.8) is 0 Å². The van der Waals surface area contributed by atoms with Crippen LogP contribution < -0.4 is 5.32 Å². The van der Waals surface area contributed by atoms with Crippen molar-refractivity contribution in [1.29, 1.82) is 0 Å². The Morgan fingerprint density at radius 2 is 2.00 bits per heavy atom. The molecule has 7 heteroatoms. The van der Waals surface area contributed by atoms with Crippen molar-refractivity contribution in [3.8, 4) is 0 Å². The molecule has 1 aromatic rings. The molecule has 0 aliphatic heterocycles. The van der Waals surface area contributed by atoms with E-state index in [1.54, 1.807) is 18.2 Å². The third-order valence-corrected chi connectivity index (χ3v) is 3.33. The van der Waals surface area contributed by atoms with Gasteiger partial charge in [0.15, 0.2) is 0 Å². The summed E-state index contributed by atoms with van der Waals surface area (Å²) in [7, 11) is 0. The molecule has 0 radical (unpaired) electrons. The summed E-state index contributed by atoms with van der Waals surface area (Å²) in [6.07, 6.45) is -4.35. The van der Waals surface area contributed by atoms with Gasteiger partial charge in [0.05, 0.1) is 18.7 Å². The number of aliphatic hydroxyl groups excluding tert-OH is 1. The Morgan fingerprint density at radius 3 is 2.44 bits per heavy atom. The molecule has 1 unspecified atom stereocenters. The molecule has 0 saturated heterocycles. The smallest absolute Gasteiger partial charge is 0.394 e. The molecule has 18 heavy (non-hydrogen) atoms. The number of alkyl halides is 3. The van der Waals surface area contributed by atoms with Gasteiger partial charge in [0.25, 0.3) is 0 Å². The summed E-state index contributed by atoms with van der Waals surface area (Å²) in [5, 5.41) is 11.9. The summed E-state index contributed by atoms with van der Waals surface area (Å²) in [6.45, 7) is -0.227. The SMILES string of the molecule is CC(CO)(NCC(F)(F)F)c1ccc(Br)cc1Cl. The Kier molecular flexibility index (Phi) is 5.05. The highest BCUT2D eigenvalue weighted by Crippen LogP contribution is 2.31. The van der Waals surface area contributed by atoms with Gasteiger partial charge in [0, 0.05) is 9.50 Å². The molecule has 0 amide bonds. The Bertz CT molecular complexity index is 427. The van der Waals surface area contributed by atoms with Crippen molar-refractivity contribution in [2.24, 2.45) is 0 Å². The van der Waals surface area contributed by atoms with Gasteiger partial charge in [-0.2, -0.15) is 13.2 Å². The van der Waals surface area contributed by atoms with Crippen molar-refractivity contribution in [3.05, 3.63) is 33.3 Å². The monoisotopic (exact) mass is 345 g/mol. The molecule has 0 spiro atoms. The molecule has 0 aromatic heterocycles. The molecule has 102 valence electrons. The highest BCUT2D eigenvalue weighted by molar-refractivity contribution is 9.10. The van der Waals surface area contributed by atoms with Crippen LogP contribution in [0.1, 0.15) is 12.5 Å². The molecule has 2 N–H and O–H groups in total. The molecule has 1 atom stereocenters. The van der Waals surface area contributed by atoms with Crippen LogP contribution in [0.5, 0.6) is 0 Å².